The summed E-state index contributed by atoms with van der Waals surface area (Å²) in [5, 5.41) is 3.60. The largest absolute Gasteiger partial charge is 0.339 e. The van der Waals surface area contributed by atoms with Crippen LogP contribution < -0.4 is 5.32 Å². The fourth-order valence-electron chi connectivity index (χ4n) is 3.50. The molecule has 0 aromatic heterocycles. The third-order valence-corrected chi connectivity index (χ3v) is 4.79. The average molecular weight is 309 g/mol. The molecule has 116 valence electrons. The number of carbonyl (C=O) groups is 1. The van der Waals surface area contributed by atoms with Gasteiger partial charge in [-0.3, -0.25) is 4.79 Å². The van der Waals surface area contributed by atoms with Crippen LogP contribution in [0.3, 0.4) is 0 Å². The molecule has 1 aromatic carbocycles. The molecule has 1 unspecified atom stereocenters. The van der Waals surface area contributed by atoms with Crippen LogP contribution in [0.1, 0.15) is 41.6 Å². The van der Waals surface area contributed by atoms with Crippen molar-refractivity contribution in [1.29, 1.82) is 0 Å². The van der Waals surface area contributed by atoms with Gasteiger partial charge in [-0.15, -0.1) is 12.4 Å². The number of likely N-dealkylation sites (tertiary alicyclic amines) is 1. The maximum Gasteiger partial charge on any atom is 0.253 e. The monoisotopic (exact) mass is 308 g/mol. The lowest BCUT2D eigenvalue weighted by Crippen LogP contribution is -2.43. The molecular formula is C17H25ClN2O. The first-order chi connectivity index (χ1) is 9.74. The van der Waals surface area contributed by atoms with Crippen molar-refractivity contribution in [1.82, 2.24) is 10.2 Å². The summed E-state index contributed by atoms with van der Waals surface area (Å²) in [5.74, 6) is 0.961. The van der Waals surface area contributed by atoms with E-state index in [1.165, 1.54) is 24.9 Å². The number of amides is 1. The summed E-state index contributed by atoms with van der Waals surface area (Å²) in [6, 6.07) is 8.63. The first kappa shape index (κ1) is 16.3. The summed E-state index contributed by atoms with van der Waals surface area (Å²) in [7, 11) is 0. The molecule has 2 heterocycles. The minimum Gasteiger partial charge on any atom is -0.339 e. The highest BCUT2D eigenvalue weighted by Crippen LogP contribution is 2.26. The zero-order valence-electron chi connectivity index (χ0n) is 12.7. The molecule has 3 rings (SSSR count). The second kappa shape index (κ2) is 7.28. The van der Waals surface area contributed by atoms with Gasteiger partial charge in [0.05, 0.1) is 0 Å². The zero-order valence-corrected chi connectivity index (χ0v) is 13.5. The van der Waals surface area contributed by atoms with Crippen LogP contribution in [0.25, 0.3) is 0 Å². The first-order valence-corrected chi connectivity index (χ1v) is 7.83. The smallest absolute Gasteiger partial charge is 0.253 e. The quantitative estimate of drug-likeness (QED) is 0.911. The molecule has 0 bridgehead atoms. The van der Waals surface area contributed by atoms with Gasteiger partial charge in [0.2, 0.25) is 0 Å². The van der Waals surface area contributed by atoms with Crippen molar-refractivity contribution in [2.75, 3.05) is 19.6 Å². The Bertz CT molecular complexity index is 460. The summed E-state index contributed by atoms with van der Waals surface area (Å²) in [6.07, 6.45) is 4.92. The van der Waals surface area contributed by atoms with Crippen LogP contribution in [0.15, 0.2) is 24.3 Å². The van der Waals surface area contributed by atoms with Crippen LogP contribution >= 0.6 is 12.4 Å². The van der Waals surface area contributed by atoms with Crippen LogP contribution in [-0.2, 0) is 0 Å². The van der Waals surface area contributed by atoms with Gasteiger partial charge in [0, 0.05) is 24.7 Å². The van der Waals surface area contributed by atoms with Gasteiger partial charge in [-0.25, -0.2) is 0 Å². The van der Waals surface area contributed by atoms with Crippen molar-refractivity contribution in [2.24, 2.45) is 5.92 Å². The number of benzene rings is 1. The molecule has 3 nitrogen and oxygen atoms in total. The number of piperidine rings is 1. The van der Waals surface area contributed by atoms with Crippen molar-refractivity contribution >= 4 is 18.3 Å². The van der Waals surface area contributed by atoms with Gasteiger partial charge in [0.15, 0.2) is 0 Å². The van der Waals surface area contributed by atoms with E-state index in [0.29, 0.717) is 6.04 Å². The minimum absolute atomic E-state index is 0. The number of hydrogen-bond acceptors (Lipinski definition) is 2. The maximum atomic E-state index is 12.4. The van der Waals surface area contributed by atoms with E-state index in [2.05, 4.69) is 5.32 Å². The standard InChI is InChI=1S/C17H24N2O.ClH/c1-13-4-6-15(7-5-13)17(20)19-11-8-14(9-12-19)16-3-2-10-18-16;/h4-7,14,16,18H,2-3,8-12H2,1H3;1H. The van der Waals surface area contributed by atoms with E-state index in [0.717, 1.165) is 37.4 Å². The third-order valence-electron chi connectivity index (χ3n) is 4.79. The highest BCUT2D eigenvalue weighted by molar-refractivity contribution is 5.94. The highest BCUT2D eigenvalue weighted by atomic mass is 35.5. The number of rotatable bonds is 2. The van der Waals surface area contributed by atoms with Gasteiger partial charge in [-0.05, 0) is 57.2 Å². The summed E-state index contributed by atoms with van der Waals surface area (Å²) < 4.78 is 0. The fourth-order valence-corrected chi connectivity index (χ4v) is 3.50. The first-order valence-electron chi connectivity index (χ1n) is 7.83. The van der Waals surface area contributed by atoms with Gasteiger partial charge in [0.25, 0.3) is 5.91 Å². The lowest BCUT2D eigenvalue weighted by atomic mass is 9.88. The molecule has 1 amide bonds. The second-order valence-electron chi connectivity index (χ2n) is 6.20. The molecule has 2 saturated heterocycles. The van der Waals surface area contributed by atoms with Gasteiger partial charge in [-0.2, -0.15) is 0 Å². The topological polar surface area (TPSA) is 32.3 Å². The van der Waals surface area contributed by atoms with Gasteiger partial charge in [0.1, 0.15) is 0 Å². The fraction of sp³-hybridized carbons (Fsp3) is 0.588. The second-order valence-corrected chi connectivity index (χ2v) is 6.20. The predicted octanol–water partition coefficient (Wildman–Crippen LogP) is 3.02. The zero-order chi connectivity index (χ0) is 13.9. The van der Waals surface area contributed by atoms with E-state index in [-0.39, 0.29) is 18.3 Å². The van der Waals surface area contributed by atoms with E-state index in [1.807, 2.05) is 36.1 Å². The number of aryl methyl sites for hydroxylation is 1. The molecule has 2 aliphatic rings. The normalized spacial score (nSPS) is 22.9. The Kier molecular flexibility index (Phi) is 5.65. The van der Waals surface area contributed by atoms with E-state index >= 15 is 0 Å². The summed E-state index contributed by atoms with van der Waals surface area (Å²) in [4.78, 5) is 14.5. The molecule has 0 radical (unpaired) electrons. The molecule has 4 heteroatoms. The summed E-state index contributed by atoms with van der Waals surface area (Å²) in [6.45, 7) is 5.05. The van der Waals surface area contributed by atoms with Crippen LogP contribution in [-0.4, -0.2) is 36.5 Å². The summed E-state index contributed by atoms with van der Waals surface area (Å²) in [5.41, 5.74) is 2.03. The van der Waals surface area contributed by atoms with E-state index in [1.54, 1.807) is 0 Å². The molecule has 0 aliphatic carbocycles. The highest BCUT2D eigenvalue weighted by Gasteiger charge is 2.30. The number of nitrogens with one attached hydrogen (secondary N) is 1. The molecule has 1 atom stereocenters. The van der Waals surface area contributed by atoms with Crippen molar-refractivity contribution in [3.05, 3.63) is 35.4 Å². The average Bonchev–Trinajstić information content (AvgIpc) is 3.02. The number of carbonyl (C=O) groups excluding carboxylic acids is 1. The third kappa shape index (κ3) is 3.78. The van der Waals surface area contributed by atoms with Crippen molar-refractivity contribution in [2.45, 2.75) is 38.6 Å². The molecule has 2 fully saturated rings. The number of halogens is 1. The van der Waals surface area contributed by atoms with Gasteiger partial charge in [-0.1, -0.05) is 17.7 Å². The van der Waals surface area contributed by atoms with Gasteiger partial charge < -0.3 is 10.2 Å². The Balaban J connectivity index is 0.00000161. The van der Waals surface area contributed by atoms with Crippen LogP contribution in [0, 0.1) is 12.8 Å². The summed E-state index contributed by atoms with van der Waals surface area (Å²) >= 11 is 0. The van der Waals surface area contributed by atoms with Crippen LogP contribution in [0.5, 0.6) is 0 Å². The molecule has 1 aromatic rings. The molecule has 1 N–H and O–H groups in total. The molecule has 0 spiro atoms. The van der Waals surface area contributed by atoms with Crippen LogP contribution in [0.2, 0.25) is 0 Å². The van der Waals surface area contributed by atoms with Crippen LogP contribution in [0.4, 0.5) is 0 Å². The Morgan fingerprint density at radius 2 is 1.81 bits per heavy atom. The number of nitrogens with zero attached hydrogens (tertiary/aromatic N) is 1. The van der Waals surface area contributed by atoms with E-state index < -0.39 is 0 Å². The van der Waals surface area contributed by atoms with E-state index in [4.69, 9.17) is 0 Å². The molecule has 0 saturated carbocycles. The SMILES string of the molecule is Cc1ccc(C(=O)N2CCC(C3CCCN3)CC2)cc1.Cl. The van der Waals surface area contributed by atoms with Crippen molar-refractivity contribution < 1.29 is 4.79 Å². The van der Waals surface area contributed by atoms with Gasteiger partial charge >= 0.3 is 0 Å². The minimum atomic E-state index is 0. The lowest BCUT2D eigenvalue weighted by molar-refractivity contribution is 0.0674. The maximum absolute atomic E-state index is 12.4. The molecule has 21 heavy (non-hydrogen) atoms. The molecular weight excluding hydrogens is 284 g/mol. The lowest BCUT2D eigenvalue weighted by Gasteiger charge is -2.35. The van der Waals surface area contributed by atoms with Crippen molar-refractivity contribution in [3.8, 4) is 0 Å². The van der Waals surface area contributed by atoms with Crippen molar-refractivity contribution in [3.63, 3.8) is 0 Å². The Morgan fingerprint density at radius 3 is 2.38 bits per heavy atom. The number of hydrogen-bond donors (Lipinski definition) is 1. The molecule has 2 aliphatic heterocycles. The Morgan fingerprint density at radius 1 is 1.14 bits per heavy atom. The Hall–Kier alpha value is -1.06. The predicted molar refractivity (Wildman–Crippen MR) is 88.1 cm³/mol. The Labute approximate surface area is 133 Å². The van der Waals surface area contributed by atoms with E-state index in [9.17, 15) is 4.79 Å².